The highest BCUT2D eigenvalue weighted by Crippen LogP contribution is 2.33. The number of furan rings is 1. The molecule has 0 saturated heterocycles. The third kappa shape index (κ3) is 6.98. The molecule has 4 rings (SSSR count). The molecule has 12 heteroatoms. The summed E-state index contributed by atoms with van der Waals surface area (Å²) in [5, 5.41) is 9.22. The molecular weight excluding hydrogens is 534 g/mol. The van der Waals surface area contributed by atoms with Crippen LogP contribution in [0.2, 0.25) is 0 Å². The molecule has 204 valence electrons. The Morgan fingerprint density at radius 3 is 2.51 bits per heavy atom. The number of benzene rings is 3. The van der Waals surface area contributed by atoms with Crippen LogP contribution in [-0.4, -0.2) is 56.2 Å². The number of ether oxygens (including phenoxy) is 1. The Bertz CT molecular complexity index is 1620. The highest BCUT2D eigenvalue weighted by molar-refractivity contribution is 7.88. The van der Waals surface area contributed by atoms with Crippen LogP contribution < -0.4 is 9.46 Å². The van der Waals surface area contributed by atoms with E-state index in [1.54, 1.807) is 42.5 Å². The van der Waals surface area contributed by atoms with Gasteiger partial charge in [0.05, 0.1) is 17.9 Å². The molecule has 0 aliphatic rings. The average molecular weight is 559 g/mol. The molecule has 0 fully saturated rings. The Morgan fingerprint density at radius 1 is 1.08 bits per heavy atom. The molecule has 0 saturated carbocycles. The lowest BCUT2D eigenvalue weighted by Gasteiger charge is -2.21. The van der Waals surface area contributed by atoms with Gasteiger partial charge in [0.25, 0.3) is 5.91 Å². The number of aliphatic carboxylic acids is 1. The van der Waals surface area contributed by atoms with Gasteiger partial charge < -0.3 is 19.2 Å². The van der Waals surface area contributed by atoms with Crippen molar-refractivity contribution in [3.05, 3.63) is 89.7 Å². The fourth-order valence-corrected chi connectivity index (χ4v) is 4.41. The van der Waals surface area contributed by atoms with Crippen molar-refractivity contribution >= 4 is 32.9 Å². The maximum atomic E-state index is 14.0. The number of hydrogen-bond donors (Lipinski definition) is 2. The second kappa shape index (κ2) is 11.6. The average Bonchev–Trinajstić information content (AvgIpc) is 3.39. The van der Waals surface area contributed by atoms with Crippen LogP contribution in [0.25, 0.3) is 22.1 Å². The van der Waals surface area contributed by atoms with Crippen LogP contribution in [0.5, 0.6) is 5.75 Å². The fourth-order valence-electron chi connectivity index (χ4n) is 3.95. The van der Waals surface area contributed by atoms with Gasteiger partial charge in [0.15, 0.2) is 11.6 Å². The maximum absolute atomic E-state index is 14.0. The predicted octanol–water partition coefficient (Wildman–Crippen LogP) is 4.03. The Hall–Kier alpha value is -4.29. The van der Waals surface area contributed by atoms with E-state index in [4.69, 9.17) is 14.3 Å². The van der Waals surface area contributed by atoms with E-state index in [2.05, 4.69) is 4.72 Å². The summed E-state index contributed by atoms with van der Waals surface area (Å²) in [6.45, 7) is -0.775. The molecule has 1 aromatic heterocycles. The van der Waals surface area contributed by atoms with E-state index in [1.165, 1.54) is 18.4 Å². The van der Waals surface area contributed by atoms with Gasteiger partial charge in [-0.2, -0.15) is 0 Å². The van der Waals surface area contributed by atoms with E-state index in [-0.39, 0.29) is 36.2 Å². The van der Waals surface area contributed by atoms with Crippen molar-refractivity contribution in [1.82, 2.24) is 9.62 Å². The number of carbonyl (C=O) groups is 2. The molecule has 0 radical (unpaired) electrons. The Kier molecular flexibility index (Phi) is 8.27. The van der Waals surface area contributed by atoms with Crippen LogP contribution in [0.4, 0.5) is 8.78 Å². The number of sulfonamides is 1. The molecule has 9 nitrogen and oxygen atoms in total. The second-order valence-corrected chi connectivity index (χ2v) is 10.5. The van der Waals surface area contributed by atoms with Crippen molar-refractivity contribution in [1.29, 1.82) is 0 Å². The van der Waals surface area contributed by atoms with E-state index in [0.717, 1.165) is 17.2 Å². The number of nitrogens with zero attached hydrogens (tertiary/aromatic N) is 1. The van der Waals surface area contributed by atoms with Crippen LogP contribution >= 0.6 is 0 Å². The summed E-state index contributed by atoms with van der Waals surface area (Å²) >= 11 is 0. The molecule has 0 spiro atoms. The van der Waals surface area contributed by atoms with Gasteiger partial charge in [-0.25, -0.2) is 21.9 Å². The standard InChI is InChI=1S/C27H24F2N2O7S/c1-39(35,36)30-10-11-31(15-24(32)33)27(34)19-4-2-3-17(13-19)16-38-20-7-5-18(6-8-20)22-14-23(28)25(29)21-9-12-37-26(21)22/h2-9,12-14,30H,10-11,15-16H2,1H3,(H,32,33). The molecule has 2 N–H and O–H groups in total. The molecule has 1 heterocycles. The topological polar surface area (TPSA) is 126 Å². The first-order valence-electron chi connectivity index (χ1n) is 11.6. The predicted molar refractivity (Wildman–Crippen MR) is 139 cm³/mol. The second-order valence-electron chi connectivity index (χ2n) is 8.68. The van der Waals surface area contributed by atoms with E-state index in [1.807, 2.05) is 0 Å². The van der Waals surface area contributed by atoms with Crippen LogP contribution in [0.1, 0.15) is 15.9 Å². The summed E-state index contributed by atoms with van der Waals surface area (Å²) < 4.78 is 64.0. The molecule has 0 unspecified atom stereocenters. The first-order chi connectivity index (χ1) is 18.5. The minimum Gasteiger partial charge on any atom is -0.489 e. The summed E-state index contributed by atoms with van der Waals surface area (Å²) in [5.41, 5.74) is 2.07. The normalized spacial score (nSPS) is 11.5. The number of rotatable bonds is 11. The van der Waals surface area contributed by atoms with E-state index in [9.17, 15) is 26.8 Å². The molecule has 0 bridgehead atoms. The molecule has 4 aromatic rings. The van der Waals surface area contributed by atoms with Crippen LogP contribution in [0.3, 0.4) is 0 Å². The summed E-state index contributed by atoms with van der Waals surface area (Å²) in [4.78, 5) is 25.2. The fraction of sp³-hybridized carbons (Fsp3) is 0.185. The lowest BCUT2D eigenvalue weighted by molar-refractivity contribution is -0.137. The minimum absolute atomic E-state index is 0.0494. The van der Waals surface area contributed by atoms with Gasteiger partial charge in [-0.1, -0.05) is 24.3 Å². The molecule has 0 aliphatic carbocycles. The summed E-state index contributed by atoms with van der Waals surface area (Å²) in [6.07, 6.45) is 2.26. The van der Waals surface area contributed by atoms with Crippen LogP contribution in [-0.2, 0) is 21.4 Å². The largest absolute Gasteiger partial charge is 0.489 e. The molecule has 0 atom stereocenters. The van der Waals surface area contributed by atoms with Crippen molar-refractivity contribution in [3.63, 3.8) is 0 Å². The maximum Gasteiger partial charge on any atom is 0.323 e. The van der Waals surface area contributed by atoms with Crippen molar-refractivity contribution in [2.24, 2.45) is 0 Å². The zero-order valence-electron chi connectivity index (χ0n) is 20.7. The Labute approximate surface area is 222 Å². The van der Waals surface area contributed by atoms with Crippen molar-refractivity contribution in [2.45, 2.75) is 6.61 Å². The van der Waals surface area contributed by atoms with Gasteiger partial charge in [0.2, 0.25) is 10.0 Å². The minimum atomic E-state index is -3.50. The van der Waals surface area contributed by atoms with E-state index >= 15 is 0 Å². The molecular formula is C27H24F2N2O7S. The number of amides is 1. The van der Waals surface area contributed by atoms with Crippen molar-refractivity contribution in [3.8, 4) is 16.9 Å². The zero-order valence-corrected chi connectivity index (χ0v) is 21.5. The van der Waals surface area contributed by atoms with Gasteiger partial charge in [-0.05, 0) is 47.5 Å². The Morgan fingerprint density at radius 2 is 1.82 bits per heavy atom. The molecule has 39 heavy (non-hydrogen) atoms. The smallest absolute Gasteiger partial charge is 0.323 e. The summed E-state index contributed by atoms with van der Waals surface area (Å²) in [5.74, 6) is -3.29. The number of carbonyl (C=O) groups excluding carboxylic acids is 1. The SMILES string of the molecule is CS(=O)(=O)NCCN(CC(=O)O)C(=O)c1cccc(COc2ccc(-c3cc(F)c(F)c4ccoc34)cc2)c1. The molecule has 3 aromatic carbocycles. The summed E-state index contributed by atoms with van der Waals surface area (Å²) in [7, 11) is -3.50. The number of fused-ring (bicyclic) bond motifs is 1. The third-order valence-electron chi connectivity index (χ3n) is 5.73. The monoisotopic (exact) mass is 558 g/mol. The van der Waals surface area contributed by atoms with Gasteiger partial charge in [-0.3, -0.25) is 9.59 Å². The first-order valence-corrected chi connectivity index (χ1v) is 13.5. The van der Waals surface area contributed by atoms with Gasteiger partial charge in [-0.15, -0.1) is 0 Å². The first kappa shape index (κ1) is 27.7. The summed E-state index contributed by atoms with van der Waals surface area (Å²) in [6, 6.07) is 15.5. The van der Waals surface area contributed by atoms with E-state index in [0.29, 0.717) is 22.4 Å². The van der Waals surface area contributed by atoms with Gasteiger partial charge in [0.1, 0.15) is 24.5 Å². The van der Waals surface area contributed by atoms with Crippen molar-refractivity contribution < 1.29 is 41.0 Å². The van der Waals surface area contributed by atoms with Gasteiger partial charge >= 0.3 is 5.97 Å². The van der Waals surface area contributed by atoms with E-state index < -0.39 is 40.1 Å². The number of carboxylic acids is 1. The number of halogens is 2. The lowest BCUT2D eigenvalue weighted by atomic mass is 10.0. The lowest BCUT2D eigenvalue weighted by Crippen LogP contribution is -2.41. The number of carboxylic acid groups (broad SMARTS) is 1. The zero-order chi connectivity index (χ0) is 28.2. The van der Waals surface area contributed by atoms with Crippen molar-refractivity contribution in [2.75, 3.05) is 25.9 Å². The molecule has 1 amide bonds. The third-order valence-corrected chi connectivity index (χ3v) is 6.46. The quantitative estimate of drug-likeness (QED) is 0.285. The highest BCUT2D eigenvalue weighted by Gasteiger charge is 2.20. The molecule has 0 aliphatic heterocycles. The number of nitrogens with one attached hydrogen (secondary N) is 1. The van der Waals surface area contributed by atoms with Crippen LogP contribution in [0.15, 0.2) is 71.3 Å². The van der Waals surface area contributed by atoms with Crippen LogP contribution in [0, 0.1) is 11.6 Å². The highest BCUT2D eigenvalue weighted by atomic mass is 32.2. The number of hydrogen-bond acceptors (Lipinski definition) is 6. The Balaban J connectivity index is 1.44. The van der Waals surface area contributed by atoms with Gasteiger partial charge in [0, 0.05) is 24.2 Å².